The lowest BCUT2D eigenvalue weighted by atomic mass is 9.89. The molecule has 2 N–H and O–H groups in total. The van der Waals surface area contributed by atoms with Crippen LogP contribution in [0.1, 0.15) is 66.4 Å². The highest BCUT2D eigenvalue weighted by Crippen LogP contribution is 2.31. The SMILES string of the molecule is CCC(C(=O)Nc1ccc(N2CCC(Cc3ccccc3)CC2)c(C(=O)NCC2CCCO2)c1)c1ccccc1. The van der Waals surface area contributed by atoms with Gasteiger partial charge in [0, 0.05) is 37.6 Å². The van der Waals surface area contributed by atoms with Gasteiger partial charge in [-0.1, -0.05) is 67.6 Å². The summed E-state index contributed by atoms with van der Waals surface area (Å²) in [6.07, 6.45) is 6.02. The number of benzene rings is 3. The number of amides is 2. The van der Waals surface area contributed by atoms with E-state index < -0.39 is 0 Å². The highest BCUT2D eigenvalue weighted by Gasteiger charge is 2.25. The third kappa shape index (κ3) is 7.11. The van der Waals surface area contributed by atoms with Crippen LogP contribution in [0.25, 0.3) is 0 Å². The van der Waals surface area contributed by atoms with Crippen LogP contribution in [0.3, 0.4) is 0 Å². The molecule has 0 spiro atoms. The molecule has 2 fully saturated rings. The number of hydrogen-bond donors (Lipinski definition) is 2. The summed E-state index contributed by atoms with van der Waals surface area (Å²) >= 11 is 0. The molecule has 2 aliphatic heterocycles. The zero-order valence-corrected chi connectivity index (χ0v) is 23.5. The molecule has 210 valence electrons. The van der Waals surface area contributed by atoms with Gasteiger partial charge in [0.05, 0.1) is 17.6 Å². The molecular formula is C34H41N3O3. The Labute approximate surface area is 238 Å². The van der Waals surface area contributed by atoms with Gasteiger partial charge in [-0.25, -0.2) is 0 Å². The lowest BCUT2D eigenvalue weighted by Crippen LogP contribution is -2.37. The van der Waals surface area contributed by atoms with E-state index in [4.69, 9.17) is 4.74 Å². The average molecular weight is 540 g/mol. The lowest BCUT2D eigenvalue weighted by Gasteiger charge is -2.35. The molecule has 0 radical (unpaired) electrons. The third-order valence-corrected chi connectivity index (χ3v) is 8.27. The fourth-order valence-electron chi connectivity index (χ4n) is 5.99. The number of hydrogen-bond acceptors (Lipinski definition) is 4. The zero-order valence-electron chi connectivity index (χ0n) is 23.5. The Hall–Kier alpha value is -3.64. The van der Waals surface area contributed by atoms with Crippen molar-refractivity contribution in [1.82, 2.24) is 5.32 Å². The molecule has 3 aromatic carbocycles. The Morgan fingerprint density at radius 3 is 2.35 bits per heavy atom. The van der Waals surface area contributed by atoms with Gasteiger partial charge >= 0.3 is 0 Å². The van der Waals surface area contributed by atoms with Gasteiger partial charge in [0.1, 0.15) is 0 Å². The van der Waals surface area contributed by atoms with Crippen molar-refractivity contribution in [3.05, 3.63) is 95.6 Å². The standard InChI is InChI=1S/C34H41N3O3/c1-2-30(27-12-7-4-8-13-27)34(39)36-28-15-16-32(31(23-28)33(38)35-24-29-14-9-21-40-29)37-19-17-26(18-20-37)22-25-10-5-3-6-11-25/h3-8,10-13,15-16,23,26,29-30H,2,9,14,17-22,24H2,1H3,(H,35,38)(H,36,39). The normalized spacial score (nSPS) is 18.3. The van der Waals surface area contributed by atoms with E-state index in [1.54, 1.807) is 0 Å². The Bertz CT molecular complexity index is 1250. The molecule has 0 bridgehead atoms. The van der Waals surface area contributed by atoms with Crippen molar-refractivity contribution >= 4 is 23.2 Å². The van der Waals surface area contributed by atoms with Crippen LogP contribution in [-0.4, -0.2) is 44.2 Å². The van der Waals surface area contributed by atoms with E-state index >= 15 is 0 Å². The topological polar surface area (TPSA) is 70.7 Å². The maximum atomic E-state index is 13.5. The van der Waals surface area contributed by atoms with Gasteiger partial charge in [-0.05, 0) is 73.8 Å². The van der Waals surface area contributed by atoms with E-state index in [2.05, 4.69) is 45.9 Å². The molecule has 0 saturated carbocycles. The van der Waals surface area contributed by atoms with Gasteiger partial charge in [0.25, 0.3) is 5.91 Å². The molecule has 6 heteroatoms. The maximum Gasteiger partial charge on any atom is 0.253 e. The Balaban J connectivity index is 1.31. The van der Waals surface area contributed by atoms with E-state index in [1.807, 2.05) is 55.5 Å². The highest BCUT2D eigenvalue weighted by molar-refractivity contribution is 6.03. The maximum absolute atomic E-state index is 13.5. The minimum Gasteiger partial charge on any atom is -0.376 e. The molecular weight excluding hydrogens is 498 g/mol. The van der Waals surface area contributed by atoms with E-state index in [-0.39, 0.29) is 23.8 Å². The van der Waals surface area contributed by atoms with E-state index in [1.165, 1.54) is 5.56 Å². The number of rotatable bonds is 10. The second-order valence-electron chi connectivity index (χ2n) is 11.1. The van der Waals surface area contributed by atoms with Crippen LogP contribution >= 0.6 is 0 Å². The zero-order chi connectivity index (χ0) is 27.7. The van der Waals surface area contributed by atoms with Crippen molar-refractivity contribution in [3.63, 3.8) is 0 Å². The summed E-state index contributed by atoms with van der Waals surface area (Å²) in [5, 5.41) is 6.19. The molecule has 2 saturated heterocycles. The van der Waals surface area contributed by atoms with E-state index in [0.717, 1.165) is 63.1 Å². The smallest absolute Gasteiger partial charge is 0.253 e. The number of piperidine rings is 1. The number of anilines is 2. The summed E-state index contributed by atoms with van der Waals surface area (Å²) in [5.74, 6) is 0.205. The molecule has 5 rings (SSSR count). The first kappa shape index (κ1) is 27.9. The highest BCUT2D eigenvalue weighted by atomic mass is 16.5. The van der Waals surface area contributed by atoms with Gasteiger partial charge in [0.15, 0.2) is 0 Å². The first-order chi connectivity index (χ1) is 19.6. The van der Waals surface area contributed by atoms with E-state index in [0.29, 0.717) is 30.1 Å². The Morgan fingerprint density at radius 2 is 1.68 bits per heavy atom. The quantitative estimate of drug-likeness (QED) is 0.322. The number of ether oxygens (including phenoxy) is 1. The van der Waals surface area contributed by atoms with Crippen molar-refractivity contribution in [2.45, 2.75) is 57.5 Å². The molecule has 2 atom stereocenters. The number of carbonyl (C=O) groups is 2. The summed E-state index contributed by atoms with van der Waals surface area (Å²) in [7, 11) is 0. The number of nitrogens with one attached hydrogen (secondary N) is 2. The largest absolute Gasteiger partial charge is 0.376 e. The number of nitrogens with zero attached hydrogens (tertiary/aromatic N) is 1. The fraction of sp³-hybridized carbons (Fsp3) is 0.412. The average Bonchev–Trinajstić information content (AvgIpc) is 3.52. The Morgan fingerprint density at radius 1 is 0.950 bits per heavy atom. The molecule has 2 heterocycles. The van der Waals surface area contributed by atoms with Crippen molar-refractivity contribution in [1.29, 1.82) is 0 Å². The van der Waals surface area contributed by atoms with Gasteiger partial charge in [0.2, 0.25) is 5.91 Å². The second-order valence-corrected chi connectivity index (χ2v) is 11.1. The number of carbonyl (C=O) groups excluding carboxylic acids is 2. The lowest BCUT2D eigenvalue weighted by molar-refractivity contribution is -0.117. The van der Waals surface area contributed by atoms with Gasteiger partial charge in [-0.3, -0.25) is 9.59 Å². The first-order valence-electron chi connectivity index (χ1n) is 14.8. The Kier molecular flexibility index (Phi) is 9.50. The fourth-order valence-corrected chi connectivity index (χ4v) is 5.99. The summed E-state index contributed by atoms with van der Waals surface area (Å²) in [6, 6.07) is 26.3. The van der Waals surface area contributed by atoms with Crippen molar-refractivity contribution in [3.8, 4) is 0 Å². The molecule has 2 aliphatic rings. The molecule has 40 heavy (non-hydrogen) atoms. The van der Waals surface area contributed by atoms with Crippen molar-refractivity contribution in [2.75, 3.05) is 36.5 Å². The summed E-state index contributed by atoms with van der Waals surface area (Å²) in [4.78, 5) is 29.1. The molecule has 0 aromatic heterocycles. The van der Waals surface area contributed by atoms with Crippen molar-refractivity contribution < 1.29 is 14.3 Å². The minimum atomic E-state index is -0.249. The molecule has 2 unspecified atom stereocenters. The van der Waals surface area contributed by atoms with Crippen LogP contribution in [0.5, 0.6) is 0 Å². The van der Waals surface area contributed by atoms with Crippen LogP contribution in [-0.2, 0) is 16.0 Å². The van der Waals surface area contributed by atoms with Crippen LogP contribution in [0.4, 0.5) is 11.4 Å². The molecule has 6 nitrogen and oxygen atoms in total. The molecule has 3 aromatic rings. The van der Waals surface area contributed by atoms with Crippen LogP contribution < -0.4 is 15.5 Å². The summed E-state index contributed by atoms with van der Waals surface area (Å²) in [6.45, 7) is 5.08. The third-order valence-electron chi connectivity index (χ3n) is 8.27. The molecule has 2 amide bonds. The second kappa shape index (κ2) is 13.6. The molecule has 0 aliphatic carbocycles. The van der Waals surface area contributed by atoms with Gasteiger partial charge in [-0.2, -0.15) is 0 Å². The summed E-state index contributed by atoms with van der Waals surface area (Å²) < 4.78 is 5.72. The van der Waals surface area contributed by atoms with Crippen LogP contribution in [0.2, 0.25) is 0 Å². The van der Waals surface area contributed by atoms with E-state index in [9.17, 15) is 9.59 Å². The van der Waals surface area contributed by atoms with Crippen LogP contribution in [0, 0.1) is 5.92 Å². The van der Waals surface area contributed by atoms with Crippen molar-refractivity contribution in [2.24, 2.45) is 5.92 Å². The predicted molar refractivity (Wildman–Crippen MR) is 161 cm³/mol. The minimum absolute atomic E-state index is 0.0612. The predicted octanol–water partition coefficient (Wildman–Crippen LogP) is 6.19. The monoisotopic (exact) mass is 539 g/mol. The van der Waals surface area contributed by atoms with Gasteiger partial charge in [-0.15, -0.1) is 0 Å². The summed E-state index contributed by atoms with van der Waals surface area (Å²) in [5.41, 5.74) is 4.55. The van der Waals surface area contributed by atoms with Crippen LogP contribution in [0.15, 0.2) is 78.9 Å². The first-order valence-corrected chi connectivity index (χ1v) is 14.8. The van der Waals surface area contributed by atoms with Gasteiger partial charge < -0.3 is 20.3 Å².